The van der Waals surface area contributed by atoms with Crippen molar-refractivity contribution in [3.05, 3.63) is 30.1 Å². The highest BCUT2D eigenvalue weighted by atomic mass is 19.1. The van der Waals surface area contributed by atoms with E-state index in [9.17, 15) is 4.39 Å². The molecular formula is C12H16FNO. The maximum atomic E-state index is 12.8. The molecule has 2 nitrogen and oxygen atoms in total. The van der Waals surface area contributed by atoms with Crippen molar-refractivity contribution in [3.63, 3.8) is 0 Å². The van der Waals surface area contributed by atoms with Crippen LogP contribution in [-0.2, 0) is 0 Å². The second-order valence-corrected chi connectivity index (χ2v) is 4.12. The number of nitrogens with two attached hydrogens (primary N) is 1. The summed E-state index contributed by atoms with van der Waals surface area (Å²) < 4.78 is 18.3. The van der Waals surface area contributed by atoms with Crippen LogP contribution in [0.1, 0.15) is 19.3 Å². The molecule has 0 spiro atoms. The third-order valence-electron chi connectivity index (χ3n) is 2.99. The first-order valence-electron chi connectivity index (χ1n) is 5.39. The molecule has 1 aromatic carbocycles. The Hall–Kier alpha value is -1.09. The molecule has 0 aliphatic heterocycles. The minimum atomic E-state index is -0.273. The van der Waals surface area contributed by atoms with Gasteiger partial charge in [0, 0.05) is 12.1 Å². The molecule has 0 heterocycles. The van der Waals surface area contributed by atoms with E-state index in [1.54, 1.807) is 12.1 Å². The summed E-state index contributed by atoms with van der Waals surface area (Å²) in [5, 5.41) is 0. The highest BCUT2D eigenvalue weighted by Crippen LogP contribution is 2.28. The van der Waals surface area contributed by atoms with Gasteiger partial charge in [-0.25, -0.2) is 4.39 Å². The average Bonchev–Trinajstić information content (AvgIpc) is 2.12. The van der Waals surface area contributed by atoms with E-state index in [1.807, 2.05) is 0 Å². The Labute approximate surface area is 89.2 Å². The van der Waals surface area contributed by atoms with E-state index in [1.165, 1.54) is 31.4 Å². The van der Waals surface area contributed by atoms with E-state index in [2.05, 4.69) is 0 Å². The van der Waals surface area contributed by atoms with Gasteiger partial charge in [-0.2, -0.15) is 0 Å². The number of ether oxygens (including phenoxy) is 1. The molecule has 0 aromatic heterocycles. The van der Waals surface area contributed by atoms with Gasteiger partial charge in [-0.15, -0.1) is 0 Å². The predicted molar refractivity (Wildman–Crippen MR) is 57.2 cm³/mol. The molecule has 82 valence electrons. The van der Waals surface area contributed by atoms with Gasteiger partial charge in [-0.05, 0) is 30.9 Å². The molecule has 1 aromatic rings. The summed E-state index contributed by atoms with van der Waals surface area (Å²) in [7, 11) is 0. The molecule has 1 unspecified atom stereocenters. The second-order valence-electron chi connectivity index (χ2n) is 4.12. The van der Waals surface area contributed by atoms with Crippen LogP contribution in [0.15, 0.2) is 24.3 Å². The van der Waals surface area contributed by atoms with Crippen molar-refractivity contribution in [2.45, 2.75) is 25.3 Å². The predicted octanol–water partition coefficient (Wildman–Crippen LogP) is 2.33. The molecule has 0 amide bonds. The zero-order chi connectivity index (χ0) is 10.7. The molecule has 0 saturated heterocycles. The highest BCUT2D eigenvalue weighted by molar-refractivity contribution is 5.22. The van der Waals surface area contributed by atoms with Crippen LogP contribution in [0.4, 0.5) is 4.39 Å². The lowest BCUT2D eigenvalue weighted by Gasteiger charge is -2.30. The number of benzene rings is 1. The van der Waals surface area contributed by atoms with Gasteiger partial charge >= 0.3 is 0 Å². The minimum Gasteiger partial charge on any atom is -0.492 e. The topological polar surface area (TPSA) is 35.2 Å². The van der Waals surface area contributed by atoms with Gasteiger partial charge in [-0.3, -0.25) is 0 Å². The zero-order valence-electron chi connectivity index (χ0n) is 8.66. The highest BCUT2D eigenvalue weighted by Gasteiger charge is 2.24. The third-order valence-corrected chi connectivity index (χ3v) is 2.99. The van der Waals surface area contributed by atoms with E-state index in [4.69, 9.17) is 10.5 Å². The van der Waals surface area contributed by atoms with E-state index >= 15 is 0 Å². The van der Waals surface area contributed by atoms with Gasteiger partial charge in [0.15, 0.2) is 0 Å². The van der Waals surface area contributed by atoms with Crippen LogP contribution in [0.3, 0.4) is 0 Å². The Morgan fingerprint density at radius 2 is 2.27 bits per heavy atom. The number of hydrogen-bond donors (Lipinski definition) is 1. The Kier molecular flexibility index (Phi) is 3.21. The van der Waals surface area contributed by atoms with Gasteiger partial charge in [0.25, 0.3) is 0 Å². The lowest BCUT2D eigenvalue weighted by molar-refractivity contribution is 0.188. The Balaban J connectivity index is 1.81. The molecule has 1 saturated carbocycles. The van der Waals surface area contributed by atoms with Crippen molar-refractivity contribution in [1.82, 2.24) is 0 Å². The average molecular weight is 209 g/mol. The van der Waals surface area contributed by atoms with E-state index in [0.717, 1.165) is 0 Å². The lowest BCUT2D eigenvalue weighted by atomic mass is 9.80. The summed E-state index contributed by atoms with van der Waals surface area (Å²) in [5.74, 6) is 0.882. The molecule has 1 atom stereocenters. The van der Waals surface area contributed by atoms with Gasteiger partial charge in [-0.1, -0.05) is 12.5 Å². The molecule has 2 rings (SSSR count). The molecule has 2 N–H and O–H groups in total. The van der Waals surface area contributed by atoms with Gasteiger partial charge < -0.3 is 10.5 Å². The van der Waals surface area contributed by atoms with Crippen LogP contribution in [0, 0.1) is 11.7 Å². The van der Waals surface area contributed by atoms with Gasteiger partial charge in [0.2, 0.25) is 0 Å². The molecular weight excluding hydrogens is 193 g/mol. The fourth-order valence-corrected chi connectivity index (χ4v) is 1.75. The Morgan fingerprint density at radius 3 is 2.87 bits per heavy atom. The number of hydrogen-bond acceptors (Lipinski definition) is 2. The van der Waals surface area contributed by atoms with Crippen LogP contribution in [0.2, 0.25) is 0 Å². The summed E-state index contributed by atoms with van der Waals surface area (Å²) in [6, 6.07) is 6.25. The normalized spacial score (nSPS) is 18.3. The largest absolute Gasteiger partial charge is 0.492 e. The number of halogens is 1. The standard InChI is InChI=1S/C12H16FNO/c13-10-5-2-6-11(7-10)15-8-12(14)9-3-1-4-9/h2,5-7,9,12H,1,3-4,8,14H2. The molecule has 15 heavy (non-hydrogen) atoms. The maximum absolute atomic E-state index is 12.8. The molecule has 1 aliphatic rings. The van der Waals surface area contributed by atoms with Crippen molar-refractivity contribution < 1.29 is 9.13 Å². The summed E-state index contributed by atoms with van der Waals surface area (Å²) in [5.41, 5.74) is 5.95. The van der Waals surface area contributed by atoms with Crippen molar-refractivity contribution in [2.24, 2.45) is 11.7 Å². The molecule has 1 aliphatic carbocycles. The summed E-state index contributed by atoms with van der Waals surface area (Å²) in [6.45, 7) is 0.480. The van der Waals surface area contributed by atoms with Crippen molar-refractivity contribution in [2.75, 3.05) is 6.61 Å². The van der Waals surface area contributed by atoms with Crippen LogP contribution < -0.4 is 10.5 Å². The fourth-order valence-electron chi connectivity index (χ4n) is 1.75. The third kappa shape index (κ3) is 2.69. The number of rotatable bonds is 4. The minimum absolute atomic E-state index is 0.0852. The molecule has 0 radical (unpaired) electrons. The van der Waals surface area contributed by atoms with Gasteiger partial charge in [0.1, 0.15) is 18.2 Å². The first-order valence-corrected chi connectivity index (χ1v) is 5.39. The van der Waals surface area contributed by atoms with Crippen molar-refractivity contribution in [1.29, 1.82) is 0 Å². The summed E-state index contributed by atoms with van der Waals surface area (Å²) in [6.07, 6.45) is 3.68. The smallest absolute Gasteiger partial charge is 0.126 e. The van der Waals surface area contributed by atoms with Crippen molar-refractivity contribution >= 4 is 0 Å². The fraction of sp³-hybridized carbons (Fsp3) is 0.500. The van der Waals surface area contributed by atoms with Crippen LogP contribution in [0.25, 0.3) is 0 Å². The van der Waals surface area contributed by atoms with E-state index in [-0.39, 0.29) is 11.9 Å². The lowest BCUT2D eigenvalue weighted by Crippen LogP contribution is -2.39. The van der Waals surface area contributed by atoms with Crippen molar-refractivity contribution in [3.8, 4) is 5.75 Å². The van der Waals surface area contributed by atoms with E-state index in [0.29, 0.717) is 18.3 Å². The summed E-state index contributed by atoms with van der Waals surface area (Å²) in [4.78, 5) is 0. The molecule has 0 bridgehead atoms. The Morgan fingerprint density at radius 1 is 1.47 bits per heavy atom. The SMILES string of the molecule is NC(COc1cccc(F)c1)C1CCC1. The van der Waals surface area contributed by atoms with E-state index < -0.39 is 0 Å². The van der Waals surface area contributed by atoms with Gasteiger partial charge in [0.05, 0.1) is 0 Å². The quantitative estimate of drug-likeness (QED) is 0.826. The van der Waals surface area contributed by atoms with Crippen LogP contribution in [0.5, 0.6) is 5.75 Å². The molecule has 3 heteroatoms. The first kappa shape index (κ1) is 10.4. The second kappa shape index (κ2) is 4.62. The maximum Gasteiger partial charge on any atom is 0.126 e. The van der Waals surface area contributed by atoms with Crippen LogP contribution >= 0.6 is 0 Å². The zero-order valence-corrected chi connectivity index (χ0v) is 8.66. The Bertz CT molecular complexity index is 325. The van der Waals surface area contributed by atoms with Crippen LogP contribution in [-0.4, -0.2) is 12.6 Å². The first-order chi connectivity index (χ1) is 7.25. The molecule has 1 fully saturated rings. The summed E-state index contributed by atoms with van der Waals surface area (Å²) >= 11 is 0. The monoisotopic (exact) mass is 209 g/mol.